The zero-order valence-corrected chi connectivity index (χ0v) is 11.5. The minimum atomic E-state index is -1.02. The van der Waals surface area contributed by atoms with E-state index >= 15 is 0 Å². The lowest BCUT2D eigenvalue weighted by Gasteiger charge is -2.09. The molecule has 0 saturated carbocycles. The zero-order chi connectivity index (χ0) is 13.1. The van der Waals surface area contributed by atoms with Gasteiger partial charge in [0.25, 0.3) is 0 Å². The predicted molar refractivity (Wildman–Crippen MR) is 76.9 cm³/mol. The molecular weight excluding hydrogens is 242 g/mol. The number of anilines is 1. The van der Waals surface area contributed by atoms with Crippen LogP contribution in [0.1, 0.15) is 16.7 Å². The first-order chi connectivity index (χ1) is 8.58. The van der Waals surface area contributed by atoms with Crippen molar-refractivity contribution in [1.29, 1.82) is 0 Å². The van der Waals surface area contributed by atoms with Crippen LogP contribution < -0.4 is 5.73 Å². The lowest BCUT2D eigenvalue weighted by atomic mass is 10.1. The van der Waals surface area contributed by atoms with Crippen LogP contribution >= 0.6 is 0 Å². The fourth-order valence-corrected chi connectivity index (χ4v) is 3.23. The van der Waals surface area contributed by atoms with Crippen molar-refractivity contribution in [3.8, 4) is 0 Å². The van der Waals surface area contributed by atoms with Crippen molar-refractivity contribution < 1.29 is 4.21 Å². The van der Waals surface area contributed by atoms with Gasteiger partial charge in [-0.25, -0.2) is 0 Å². The van der Waals surface area contributed by atoms with Gasteiger partial charge in [0.2, 0.25) is 0 Å². The van der Waals surface area contributed by atoms with Gasteiger partial charge >= 0.3 is 0 Å². The van der Waals surface area contributed by atoms with Crippen LogP contribution in [0.4, 0.5) is 5.69 Å². The van der Waals surface area contributed by atoms with E-state index in [9.17, 15) is 4.21 Å². The molecular formula is C15H17NOS. The summed E-state index contributed by atoms with van der Waals surface area (Å²) < 4.78 is 12.3. The molecule has 0 aromatic heterocycles. The van der Waals surface area contributed by atoms with E-state index in [0.29, 0.717) is 11.4 Å². The summed E-state index contributed by atoms with van der Waals surface area (Å²) in [7, 11) is -1.02. The first kappa shape index (κ1) is 12.8. The number of rotatable bonds is 3. The van der Waals surface area contributed by atoms with Crippen LogP contribution in [-0.4, -0.2) is 4.21 Å². The van der Waals surface area contributed by atoms with E-state index < -0.39 is 10.8 Å². The monoisotopic (exact) mass is 259 g/mol. The molecule has 0 aliphatic rings. The maximum Gasteiger partial charge on any atom is 0.0574 e. The smallest absolute Gasteiger partial charge is 0.0574 e. The lowest BCUT2D eigenvalue weighted by molar-refractivity contribution is 0.682. The topological polar surface area (TPSA) is 43.1 Å². The zero-order valence-electron chi connectivity index (χ0n) is 10.6. The Labute approximate surface area is 110 Å². The summed E-state index contributed by atoms with van der Waals surface area (Å²) in [6, 6.07) is 13.4. The quantitative estimate of drug-likeness (QED) is 0.860. The molecule has 0 amide bonds. The molecule has 2 rings (SSSR count). The van der Waals surface area contributed by atoms with Gasteiger partial charge in [-0.15, -0.1) is 0 Å². The Morgan fingerprint density at radius 1 is 1.00 bits per heavy atom. The molecule has 2 aromatic rings. The van der Waals surface area contributed by atoms with Gasteiger partial charge in [-0.1, -0.05) is 18.2 Å². The van der Waals surface area contributed by atoms with Crippen molar-refractivity contribution in [2.24, 2.45) is 0 Å². The highest BCUT2D eigenvalue weighted by atomic mass is 32.2. The van der Waals surface area contributed by atoms with Crippen LogP contribution in [0.15, 0.2) is 47.4 Å². The van der Waals surface area contributed by atoms with Gasteiger partial charge in [0.05, 0.1) is 16.6 Å². The average molecular weight is 259 g/mol. The van der Waals surface area contributed by atoms with Crippen molar-refractivity contribution in [3.63, 3.8) is 0 Å². The SMILES string of the molecule is Cc1cccc(C)c1CS(=O)c1ccc(N)cc1. The predicted octanol–water partition coefficient (Wildman–Crippen LogP) is 3.19. The average Bonchev–Trinajstić information content (AvgIpc) is 2.34. The minimum absolute atomic E-state index is 0.558. The molecule has 0 fully saturated rings. The van der Waals surface area contributed by atoms with Gasteiger partial charge in [-0.05, 0) is 54.8 Å². The second-order valence-corrected chi connectivity index (χ2v) is 5.88. The Kier molecular flexibility index (Phi) is 3.82. The number of hydrogen-bond acceptors (Lipinski definition) is 2. The van der Waals surface area contributed by atoms with Gasteiger partial charge in [0.15, 0.2) is 0 Å². The molecule has 0 aliphatic heterocycles. The van der Waals surface area contributed by atoms with Crippen LogP contribution in [0.25, 0.3) is 0 Å². The van der Waals surface area contributed by atoms with Crippen LogP contribution in [0.3, 0.4) is 0 Å². The van der Waals surface area contributed by atoms with Gasteiger partial charge in [-0.2, -0.15) is 0 Å². The Morgan fingerprint density at radius 3 is 2.11 bits per heavy atom. The van der Waals surface area contributed by atoms with Crippen LogP contribution in [0.2, 0.25) is 0 Å². The van der Waals surface area contributed by atoms with E-state index in [1.54, 1.807) is 12.1 Å². The summed E-state index contributed by atoms with van der Waals surface area (Å²) in [4.78, 5) is 0.826. The Hall–Kier alpha value is -1.61. The molecule has 0 heterocycles. The third-order valence-electron chi connectivity index (χ3n) is 3.06. The molecule has 0 radical (unpaired) electrons. The van der Waals surface area contributed by atoms with Crippen molar-refractivity contribution >= 4 is 16.5 Å². The third kappa shape index (κ3) is 2.79. The van der Waals surface area contributed by atoms with Crippen LogP contribution in [-0.2, 0) is 16.6 Å². The number of hydrogen-bond donors (Lipinski definition) is 1. The Balaban J connectivity index is 2.24. The molecule has 2 aromatic carbocycles. The number of nitrogen functional groups attached to an aromatic ring is 1. The van der Waals surface area contributed by atoms with E-state index in [4.69, 9.17) is 5.73 Å². The van der Waals surface area contributed by atoms with Crippen LogP contribution in [0.5, 0.6) is 0 Å². The molecule has 0 spiro atoms. The summed E-state index contributed by atoms with van der Waals surface area (Å²) in [5.74, 6) is 0.558. The molecule has 2 nitrogen and oxygen atoms in total. The van der Waals surface area contributed by atoms with Crippen molar-refractivity contribution in [3.05, 3.63) is 59.2 Å². The van der Waals surface area contributed by atoms with Crippen molar-refractivity contribution in [2.45, 2.75) is 24.5 Å². The highest BCUT2D eigenvalue weighted by Gasteiger charge is 2.09. The minimum Gasteiger partial charge on any atom is -0.399 e. The molecule has 1 atom stereocenters. The van der Waals surface area contributed by atoms with E-state index in [1.165, 1.54) is 16.7 Å². The molecule has 1 unspecified atom stereocenters. The molecule has 3 heteroatoms. The second kappa shape index (κ2) is 5.36. The lowest BCUT2D eigenvalue weighted by Crippen LogP contribution is -2.01. The van der Waals surface area contributed by atoms with Gasteiger partial charge in [0, 0.05) is 10.6 Å². The van der Waals surface area contributed by atoms with Crippen molar-refractivity contribution in [1.82, 2.24) is 0 Å². The molecule has 2 N–H and O–H groups in total. The fourth-order valence-electron chi connectivity index (χ4n) is 1.91. The second-order valence-electron chi connectivity index (χ2n) is 4.43. The highest BCUT2D eigenvalue weighted by molar-refractivity contribution is 7.84. The maximum absolute atomic E-state index is 12.3. The van der Waals surface area contributed by atoms with Crippen molar-refractivity contribution in [2.75, 3.05) is 5.73 Å². The first-order valence-corrected chi connectivity index (χ1v) is 7.19. The number of aryl methyl sites for hydroxylation is 2. The summed E-state index contributed by atoms with van der Waals surface area (Å²) in [5, 5.41) is 0. The number of benzene rings is 2. The van der Waals surface area contributed by atoms with E-state index in [1.807, 2.05) is 18.2 Å². The van der Waals surface area contributed by atoms with E-state index in [0.717, 1.165) is 4.90 Å². The fraction of sp³-hybridized carbons (Fsp3) is 0.200. The number of nitrogens with two attached hydrogens (primary N) is 1. The highest BCUT2D eigenvalue weighted by Crippen LogP contribution is 2.19. The maximum atomic E-state index is 12.3. The summed E-state index contributed by atoms with van der Waals surface area (Å²) in [6.45, 7) is 4.12. The summed E-state index contributed by atoms with van der Waals surface area (Å²) in [6.07, 6.45) is 0. The molecule has 0 saturated heterocycles. The van der Waals surface area contributed by atoms with E-state index in [2.05, 4.69) is 26.0 Å². The molecule has 94 valence electrons. The largest absolute Gasteiger partial charge is 0.399 e. The molecule has 0 aliphatic carbocycles. The Bertz CT molecular complexity index is 555. The summed E-state index contributed by atoms with van der Waals surface area (Å²) in [5.41, 5.74) is 9.89. The molecule has 18 heavy (non-hydrogen) atoms. The van der Waals surface area contributed by atoms with Gasteiger partial charge in [0.1, 0.15) is 0 Å². The standard InChI is InChI=1S/C15H17NOS/c1-11-4-3-5-12(2)15(11)10-18(17)14-8-6-13(16)7-9-14/h3-9H,10,16H2,1-2H3. The Morgan fingerprint density at radius 2 is 1.56 bits per heavy atom. The normalized spacial score (nSPS) is 12.3. The van der Waals surface area contributed by atoms with E-state index in [-0.39, 0.29) is 0 Å². The molecule has 0 bridgehead atoms. The van der Waals surface area contributed by atoms with Crippen LogP contribution in [0, 0.1) is 13.8 Å². The van der Waals surface area contributed by atoms with Gasteiger partial charge < -0.3 is 5.73 Å². The van der Waals surface area contributed by atoms with Gasteiger partial charge in [-0.3, -0.25) is 4.21 Å². The first-order valence-electron chi connectivity index (χ1n) is 5.87. The third-order valence-corrected chi connectivity index (χ3v) is 4.41. The summed E-state index contributed by atoms with van der Waals surface area (Å²) >= 11 is 0.